The monoisotopic (exact) mass is 367 g/mol. The van der Waals surface area contributed by atoms with E-state index in [-0.39, 0.29) is 19.1 Å². The van der Waals surface area contributed by atoms with E-state index in [0.29, 0.717) is 26.9 Å². The highest BCUT2D eigenvalue weighted by molar-refractivity contribution is 7.21. The molecule has 0 aliphatic rings. The Balaban J connectivity index is 2.25. The molecule has 0 radical (unpaired) electrons. The van der Waals surface area contributed by atoms with Crippen molar-refractivity contribution >= 4 is 33.3 Å². The number of thiophene rings is 1. The Bertz CT molecular complexity index is 772. The van der Waals surface area contributed by atoms with Gasteiger partial charge in [0.1, 0.15) is 5.82 Å². The van der Waals surface area contributed by atoms with Crippen molar-refractivity contribution in [1.82, 2.24) is 5.32 Å². The van der Waals surface area contributed by atoms with Gasteiger partial charge in [0.05, 0.1) is 17.4 Å². The highest BCUT2D eigenvalue weighted by atomic mass is 32.1. The van der Waals surface area contributed by atoms with E-state index in [0.717, 1.165) is 0 Å². The van der Waals surface area contributed by atoms with Crippen LogP contribution in [0.1, 0.15) is 35.5 Å². The summed E-state index contributed by atoms with van der Waals surface area (Å²) in [5, 5.41) is 12.3. The van der Waals surface area contributed by atoms with Gasteiger partial charge in [0.2, 0.25) is 0 Å². The SMILES string of the molecule is COCc1c(C(=O)NCC(CC(C)C)C(=O)O)sc2cccc(F)c12. The van der Waals surface area contributed by atoms with Gasteiger partial charge in [-0.3, -0.25) is 9.59 Å². The number of carboxylic acid groups (broad SMARTS) is 1. The van der Waals surface area contributed by atoms with Crippen molar-refractivity contribution in [1.29, 1.82) is 0 Å². The molecule has 5 nitrogen and oxygen atoms in total. The number of hydrogen-bond donors (Lipinski definition) is 2. The topological polar surface area (TPSA) is 75.6 Å². The normalized spacial score (nSPS) is 12.5. The number of rotatable bonds is 8. The molecule has 1 atom stereocenters. The fourth-order valence-electron chi connectivity index (χ4n) is 2.77. The van der Waals surface area contributed by atoms with Gasteiger partial charge in [0.15, 0.2) is 0 Å². The number of nitrogens with one attached hydrogen (secondary N) is 1. The Hall–Kier alpha value is -1.99. The number of carboxylic acids is 1. The smallest absolute Gasteiger partial charge is 0.308 e. The molecular weight excluding hydrogens is 345 g/mol. The predicted octanol–water partition coefficient (Wildman–Crippen LogP) is 3.66. The van der Waals surface area contributed by atoms with Crippen molar-refractivity contribution in [3.63, 3.8) is 0 Å². The second-order valence-electron chi connectivity index (χ2n) is 6.33. The Labute approximate surface area is 149 Å². The molecule has 1 unspecified atom stereocenters. The van der Waals surface area contributed by atoms with E-state index in [1.807, 2.05) is 13.8 Å². The second kappa shape index (κ2) is 8.40. The summed E-state index contributed by atoms with van der Waals surface area (Å²) in [6, 6.07) is 4.69. The van der Waals surface area contributed by atoms with Gasteiger partial charge >= 0.3 is 5.97 Å². The molecule has 2 aromatic rings. The summed E-state index contributed by atoms with van der Waals surface area (Å²) in [4.78, 5) is 24.2. The lowest BCUT2D eigenvalue weighted by atomic mass is 9.97. The maximum absolute atomic E-state index is 14.2. The fourth-order valence-corrected chi connectivity index (χ4v) is 3.91. The summed E-state index contributed by atoms with van der Waals surface area (Å²) in [5.74, 6) is -2.18. The molecular formula is C18H22FNO4S. The van der Waals surface area contributed by atoms with Gasteiger partial charge in [-0.2, -0.15) is 0 Å². The molecule has 0 aliphatic heterocycles. The molecule has 25 heavy (non-hydrogen) atoms. The van der Waals surface area contributed by atoms with Crippen molar-refractivity contribution in [2.75, 3.05) is 13.7 Å². The van der Waals surface area contributed by atoms with Gasteiger partial charge in [-0.1, -0.05) is 19.9 Å². The molecule has 1 aromatic carbocycles. The molecule has 0 bridgehead atoms. The second-order valence-corrected chi connectivity index (χ2v) is 7.38. The first-order valence-corrected chi connectivity index (χ1v) is 8.86. The number of amides is 1. The maximum atomic E-state index is 14.2. The molecule has 0 fully saturated rings. The third-order valence-corrected chi connectivity index (χ3v) is 5.07. The van der Waals surface area contributed by atoms with Crippen LogP contribution >= 0.6 is 11.3 Å². The van der Waals surface area contributed by atoms with Crippen LogP contribution in [-0.2, 0) is 16.1 Å². The van der Waals surface area contributed by atoms with Gasteiger partial charge in [0.25, 0.3) is 5.91 Å². The summed E-state index contributed by atoms with van der Waals surface area (Å²) in [7, 11) is 1.48. The zero-order chi connectivity index (χ0) is 18.6. The number of benzene rings is 1. The van der Waals surface area contributed by atoms with Crippen LogP contribution in [0.15, 0.2) is 18.2 Å². The first-order chi connectivity index (χ1) is 11.8. The average molecular weight is 367 g/mol. The third-order valence-electron chi connectivity index (χ3n) is 3.87. The summed E-state index contributed by atoms with van der Waals surface area (Å²) < 4.78 is 19.9. The first-order valence-electron chi connectivity index (χ1n) is 8.05. The van der Waals surface area contributed by atoms with Crippen LogP contribution in [-0.4, -0.2) is 30.6 Å². The summed E-state index contributed by atoms with van der Waals surface area (Å²) in [6.07, 6.45) is 0.474. The van der Waals surface area contributed by atoms with Crippen LogP contribution in [0.25, 0.3) is 10.1 Å². The highest BCUT2D eigenvalue weighted by Crippen LogP contribution is 2.33. The predicted molar refractivity (Wildman–Crippen MR) is 95.4 cm³/mol. The number of halogens is 1. The standard InChI is InChI=1S/C18H22FNO4S/c1-10(2)7-11(18(22)23)8-20-17(21)16-12(9-24-3)15-13(19)5-4-6-14(15)25-16/h4-6,10-11H,7-9H2,1-3H3,(H,20,21)(H,22,23). The van der Waals surface area contributed by atoms with Gasteiger partial charge in [0, 0.05) is 29.3 Å². The molecule has 136 valence electrons. The van der Waals surface area contributed by atoms with Crippen LogP contribution in [0.5, 0.6) is 0 Å². The van der Waals surface area contributed by atoms with Crippen LogP contribution < -0.4 is 5.32 Å². The number of methoxy groups -OCH3 is 1. The summed E-state index contributed by atoms with van der Waals surface area (Å²) in [5.41, 5.74) is 0.494. The van der Waals surface area contributed by atoms with E-state index in [4.69, 9.17) is 4.74 Å². The van der Waals surface area contributed by atoms with E-state index in [1.165, 1.54) is 24.5 Å². The van der Waals surface area contributed by atoms with Crippen molar-refractivity contribution in [3.8, 4) is 0 Å². The summed E-state index contributed by atoms with van der Waals surface area (Å²) >= 11 is 1.18. The summed E-state index contributed by atoms with van der Waals surface area (Å²) in [6.45, 7) is 4.01. The molecule has 1 amide bonds. The Kier molecular flexibility index (Phi) is 6.50. The number of hydrogen-bond acceptors (Lipinski definition) is 4. The van der Waals surface area contributed by atoms with Crippen LogP contribution in [0, 0.1) is 17.7 Å². The van der Waals surface area contributed by atoms with Crippen molar-refractivity contribution in [3.05, 3.63) is 34.5 Å². The molecule has 0 saturated carbocycles. The van der Waals surface area contributed by atoms with E-state index in [1.54, 1.807) is 12.1 Å². The largest absolute Gasteiger partial charge is 0.481 e. The fraction of sp³-hybridized carbons (Fsp3) is 0.444. The Morgan fingerprint density at radius 3 is 2.68 bits per heavy atom. The van der Waals surface area contributed by atoms with E-state index < -0.39 is 23.6 Å². The lowest BCUT2D eigenvalue weighted by molar-refractivity contribution is -0.142. The maximum Gasteiger partial charge on any atom is 0.308 e. The number of aliphatic carboxylic acids is 1. The number of fused-ring (bicyclic) bond motifs is 1. The van der Waals surface area contributed by atoms with Crippen molar-refractivity contribution < 1.29 is 23.8 Å². The Morgan fingerprint density at radius 2 is 2.08 bits per heavy atom. The van der Waals surface area contributed by atoms with E-state index >= 15 is 0 Å². The molecule has 0 spiro atoms. The third kappa shape index (κ3) is 4.55. The zero-order valence-corrected chi connectivity index (χ0v) is 15.3. The van der Waals surface area contributed by atoms with Gasteiger partial charge in [-0.05, 0) is 24.5 Å². The zero-order valence-electron chi connectivity index (χ0n) is 14.5. The molecule has 1 heterocycles. The number of carbonyl (C=O) groups is 2. The van der Waals surface area contributed by atoms with Gasteiger partial charge < -0.3 is 15.2 Å². The minimum Gasteiger partial charge on any atom is -0.481 e. The van der Waals surface area contributed by atoms with Crippen molar-refractivity contribution in [2.45, 2.75) is 26.9 Å². The average Bonchev–Trinajstić information content (AvgIpc) is 2.91. The Morgan fingerprint density at radius 1 is 1.36 bits per heavy atom. The van der Waals surface area contributed by atoms with Crippen molar-refractivity contribution in [2.24, 2.45) is 11.8 Å². The first kappa shape index (κ1) is 19.3. The van der Waals surface area contributed by atoms with Crippen LogP contribution in [0.4, 0.5) is 4.39 Å². The van der Waals surface area contributed by atoms with E-state index in [2.05, 4.69) is 5.32 Å². The molecule has 0 saturated heterocycles. The van der Waals surface area contributed by atoms with Gasteiger partial charge in [-0.25, -0.2) is 4.39 Å². The molecule has 1 aromatic heterocycles. The minimum atomic E-state index is -0.937. The quantitative estimate of drug-likeness (QED) is 0.746. The molecule has 0 aliphatic carbocycles. The molecule has 2 rings (SSSR count). The van der Waals surface area contributed by atoms with Crippen LogP contribution in [0.3, 0.4) is 0 Å². The molecule has 7 heteroatoms. The van der Waals surface area contributed by atoms with E-state index in [9.17, 15) is 19.1 Å². The lowest BCUT2D eigenvalue weighted by Gasteiger charge is -2.15. The number of carbonyl (C=O) groups excluding carboxylic acids is 1. The number of ether oxygens (including phenoxy) is 1. The van der Waals surface area contributed by atoms with Gasteiger partial charge in [-0.15, -0.1) is 11.3 Å². The highest BCUT2D eigenvalue weighted by Gasteiger charge is 2.23. The lowest BCUT2D eigenvalue weighted by Crippen LogP contribution is -2.33. The van der Waals surface area contributed by atoms with Crippen LogP contribution in [0.2, 0.25) is 0 Å². The minimum absolute atomic E-state index is 0.0372. The molecule has 2 N–H and O–H groups in total.